The zero-order valence-electron chi connectivity index (χ0n) is 5.30. The van der Waals surface area contributed by atoms with Crippen LogP contribution in [0.2, 0.25) is 0 Å². The van der Waals surface area contributed by atoms with Crippen LogP contribution >= 0.6 is 12.4 Å². The Morgan fingerprint density at radius 1 is 1.33 bits per heavy atom. The molecule has 54 valence electrons. The maximum atomic E-state index is 5.22. The van der Waals surface area contributed by atoms with Crippen LogP contribution in [0.3, 0.4) is 0 Å². The highest BCUT2D eigenvalue weighted by Crippen LogP contribution is 2.29. The molecule has 1 aliphatic carbocycles. The van der Waals surface area contributed by atoms with Gasteiger partial charge in [0.25, 0.3) is 0 Å². The van der Waals surface area contributed by atoms with Crippen molar-refractivity contribution in [2.24, 2.45) is 5.92 Å². The quantitative estimate of drug-likeness (QED) is 0.557. The summed E-state index contributed by atoms with van der Waals surface area (Å²) in [5, 5.41) is 0. The van der Waals surface area contributed by atoms with Gasteiger partial charge in [0.15, 0.2) is 0 Å². The van der Waals surface area contributed by atoms with Crippen molar-refractivity contribution in [1.82, 2.24) is 5.48 Å². The van der Waals surface area contributed by atoms with Crippen molar-refractivity contribution in [1.29, 1.82) is 0 Å². The van der Waals surface area contributed by atoms with E-state index in [4.69, 9.17) is 4.84 Å². The van der Waals surface area contributed by atoms with Gasteiger partial charge in [0.05, 0.1) is 6.10 Å². The first-order valence-electron chi connectivity index (χ1n) is 3.33. The van der Waals surface area contributed by atoms with Crippen LogP contribution < -0.4 is 5.48 Å². The van der Waals surface area contributed by atoms with E-state index >= 15 is 0 Å². The van der Waals surface area contributed by atoms with E-state index in [-0.39, 0.29) is 12.4 Å². The minimum atomic E-state index is 0. The average Bonchev–Trinajstić information content (AvgIpc) is 2.12. The smallest absolute Gasteiger partial charge is 0.0793 e. The molecule has 1 saturated heterocycles. The fourth-order valence-corrected chi connectivity index (χ4v) is 1.61. The molecule has 2 unspecified atom stereocenters. The van der Waals surface area contributed by atoms with E-state index in [0.29, 0.717) is 6.10 Å². The number of rotatable bonds is 0. The van der Waals surface area contributed by atoms with Gasteiger partial charge in [0.2, 0.25) is 0 Å². The lowest BCUT2D eigenvalue weighted by Crippen LogP contribution is -2.30. The highest BCUT2D eigenvalue weighted by molar-refractivity contribution is 5.85. The van der Waals surface area contributed by atoms with Crippen LogP contribution in [0.25, 0.3) is 0 Å². The van der Waals surface area contributed by atoms with Crippen LogP contribution in [-0.2, 0) is 4.84 Å². The number of hydrogen-bond acceptors (Lipinski definition) is 2. The summed E-state index contributed by atoms with van der Waals surface area (Å²) >= 11 is 0. The maximum Gasteiger partial charge on any atom is 0.0793 e. The molecule has 2 aliphatic rings. The van der Waals surface area contributed by atoms with Crippen LogP contribution in [-0.4, -0.2) is 12.6 Å². The Morgan fingerprint density at radius 3 is 2.89 bits per heavy atom. The molecular formula is C6H12ClNO. The third-order valence-electron chi connectivity index (χ3n) is 2.12. The van der Waals surface area contributed by atoms with Gasteiger partial charge in [-0.2, -0.15) is 0 Å². The summed E-state index contributed by atoms with van der Waals surface area (Å²) in [6.07, 6.45) is 4.50. The van der Waals surface area contributed by atoms with Crippen molar-refractivity contribution < 1.29 is 4.84 Å². The summed E-state index contributed by atoms with van der Waals surface area (Å²) in [4.78, 5) is 5.22. The molecule has 2 atom stereocenters. The zero-order valence-corrected chi connectivity index (χ0v) is 6.12. The molecule has 1 N–H and O–H groups in total. The second-order valence-corrected chi connectivity index (χ2v) is 2.77. The molecule has 0 aromatic carbocycles. The number of halogens is 1. The van der Waals surface area contributed by atoms with E-state index in [1.807, 2.05) is 0 Å². The molecule has 0 aromatic heterocycles. The number of fused-ring (bicyclic) bond motifs is 2. The Hall–Kier alpha value is 0.210. The van der Waals surface area contributed by atoms with Crippen LogP contribution in [0.5, 0.6) is 0 Å². The van der Waals surface area contributed by atoms with E-state index in [1.54, 1.807) is 0 Å². The van der Waals surface area contributed by atoms with Gasteiger partial charge in [0, 0.05) is 6.54 Å². The van der Waals surface area contributed by atoms with Crippen molar-refractivity contribution in [3.05, 3.63) is 0 Å². The molecule has 1 heterocycles. The van der Waals surface area contributed by atoms with Crippen molar-refractivity contribution in [3.63, 3.8) is 0 Å². The number of hydroxylamine groups is 1. The Bertz CT molecular complexity index is 85.1. The van der Waals surface area contributed by atoms with Gasteiger partial charge in [0.1, 0.15) is 0 Å². The molecule has 1 saturated carbocycles. The number of nitrogens with one attached hydrogen (secondary N) is 1. The summed E-state index contributed by atoms with van der Waals surface area (Å²) in [6.45, 7) is 1.08. The molecule has 2 fully saturated rings. The van der Waals surface area contributed by atoms with Crippen LogP contribution in [0.15, 0.2) is 0 Å². The van der Waals surface area contributed by atoms with Crippen molar-refractivity contribution >= 4 is 12.4 Å². The van der Waals surface area contributed by atoms with Crippen LogP contribution in [0.1, 0.15) is 19.3 Å². The topological polar surface area (TPSA) is 21.3 Å². The van der Waals surface area contributed by atoms with Gasteiger partial charge in [-0.1, -0.05) is 0 Å². The minimum Gasteiger partial charge on any atom is -0.298 e. The molecule has 0 radical (unpaired) electrons. The predicted molar refractivity (Wildman–Crippen MR) is 37.5 cm³/mol. The first-order valence-corrected chi connectivity index (χ1v) is 3.33. The zero-order chi connectivity index (χ0) is 5.40. The van der Waals surface area contributed by atoms with Gasteiger partial charge in [-0.05, 0) is 25.2 Å². The van der Waals surface area contributed by atoms with Gasteiger partial charge >= 0.3 is 0 Å². The molecular weight excluding hydrogens is 138 g/mol. The summed E-state index contributed by atoms with van der Waals surface area (Å²) in [5.41, 5.74) is 2.95. The largest absolute Gasteiger partial charge is 0.298 e. The Labute approximate surface area is 61.3 Å². The summed E-state index contributed by atoms with van der Waals surface area (Å²) in [6, 6.07) is 0. The van der Waals surface area contributed by atoms with Crippen molar-refractivity contribution in [2.75, 3.05) is 6.54 Å². The second kappa shape index (κ2) is 2.86. The average molecular weight is 150 g/mol. The van der Waals surface area contributed by atoms with E-state index in [2.05, 4.69) is 5.48 Å². The molecule has 2 nitrogen and oxygen atoms in total. The van der Waals surface area contributed by atoms with E-state index in [1.165, 1.54) is 19.3 Å². The summed E-state index contributed by atoms with van der Waals surface area (Å²) < 4.78 is 0. The third kappa shape index (κ3) is 1.37. The first-order chi connectivity index (χ1) is 3.95. The number of hydrogen-bond donors (Lipinski definition) is 1. The fraction of sp³-hybridized carbons (Fsp3) is 1.00. The van der Waals surface area contributed by atoms with Crippen molar-refractivity contribution in [3.8, 4) is 0 Å². The molecule has 2 bridgehead atoms. The Kier molecular flexibility index (Phi) is 2.33. The molecule has 9 heavy (non-hydrogen) atoms. The van der Waals surface area contributed by atoms with E-state index in [0.717, 1.165) is 12.5 Å². The van der Waals surface area contributed by atoms with Gasteiger partial charge in [-0.3, -0.25) is 4.84 Å². The van der Waals surface area contributed by atoms with Crippen molar-refractivity contribution in [2.45, 2.75) is 25.4 Å². The fourth-order valence-electron chi connectivity index (χ4n) is 1.61. The SMILES string of the molecule is C1CC2CC1CNO2.Cl. The normalized spacial score (nSPS) is 40.0. The molecule has 2 rings (SSSR count). The Balaban J connectivity index is 0.000000405. The summed E-state index contributed by atoms with van der Waals surface area (Å²) in [7, 11) is 0. The second-order valence-electron chi connectivity index (χ2n) is 2.77. The van der Waals surface area contributed by atoms with E-state index < -0.39 is 0 Å². The maximum absolute atomic E-state index is 5.22. The lowest BCUT2D eigenvalue weighted by molar-refractivity contribution is -0.0472. The first kappa shape index (κ1) is 7.32. The molecule has 1 aliphatic heterocycles. The highest BCUT2D eigenvalue weighted by atomic mass is 35.5. The van der Waals surface area contributed by atoms with Crippen LogP contribution in [0.4, 0.5) is 0 Å². The van der Waals surface area contributed by atoms with E-state index in [9.17, 15) is 0 Å². The molecule has 3 heteroatoms. The van der Waals surface area contributed by atoms with Crippen LogP contribution in [0, 0.1) is 5.92 Å². The highest BCUT2D eigenvalue weighted by Gasteiger charge is 2.29. The standard InChI is InChI=1S/C6H11NO.ClH/c1-2-6-3-5(1)4-7-8-6;/h5-7H,1-4H2;1H. The minimum absolute atomic E-state index is 0. The molecule has 0 spiro atoms. The monoisotopic (exact) mass is 149 g/mol. The lowest BCUT2D eigenvalue weighted by atomic mass is 10.1. The summed E-state index contributed by atoms with van der Waals surface area (Å²) in [5.74, 6) is 0.925. The lowest BCUT2D eigenvalue weighted by Gasteiger charge is -2.19. The Morgan fingerprint density at radius 2 is 2.22 bits per heavy atom. The molecule has 0 aromatic rings. The van der Waals surface area contributed by atoms with Gasteiger partial charge < -0.3 is 0 Å². The predicted octanol–water partition coefficient (Wildman–Crippen LogP) is 1.11. The van der Waals surface area contributed by atoms with Gasteiger partial charge in [-0.25, -0.2) is 5.48 Å². The van der Waals surface area contributed by atoms with Gasteiger partial charge in [-0.15, -0.1) is 12.4 Å². The third-order valence-corrected chi connectivity index (χ3v) is 2.12. The molecule has 0 amide bonds.